The van der Waals surface area contributed by atoms with E-state index in [0.717, 1.165) is 21.6 Å². The first-order valence-corrected chi connectivity index (χ1v) is 14.6. The van der Waals surface area contributed by atoms with E-state index < -0.39 is 46.5 Å². The van der Waals surface area contributed by atoms with Gasteiger partial charge >= 0.3 is 5.97 Å². The first-order chi connectivity index (χ1) is 19.3. The zero-order valence-corrected chi connectivity index (χ0v) is 23.4. The van der Waals surface area contributed by atoms with Crippen molar-refractivity contribution in [1.82, 2.24) is 10.2 Å². The number of β-lactam (4-membered cyclic amide) rings is 1. The van der Waals surface area contributed by atoms with Crippen LogP contribution in [0.3, 0.4) is 0 Å². The first kappa shape index (κ1) is 28.0. The average molecular weight is 596 g/mol. The van der Waals surface area contributed by atoms with Crippen molar-refractivity contribution in [1.29, 1.82) is 0 Å². The van der Waals surface area contributed by atoms with E-state index in [0.29, 0.717) is 0 Å². The third-order valence-corrected chi connectivity index (χ3v) is 8.42. The van der Waals surface area contributed by atoms with Crippen LogP contribution in [0.5, 0.6) is 0 Å². The van der Waals surface area contributed by atoms with Gasteiger partial charge in [-0.1, -0.05) is 114 Å². The molecule has 1 fully saturated rings. The molecule has 1 saturated heterocycles. The van der Waals surface area contributed by atoms with Crippen molar-refractivity contribution >= 4 is 52.2 Å². The Morgan fingerprint density at radius 2 is 1.52 bits per heavy atom. The molecule has 1 N–H and O–H groups in total. The summed E-state index contributed by atoms with van der Waals surface area (Å²) in [6.45, 7) is 0. The van der Waals surface area contributed by atoms with Crippen LogP contribution in [0.4, 0.5) is 0 Å². The van der Waals surface area contributed by atoms with Crippen LogP contribution in [0.2, 0.25) is 0 Å². The second-order valence-electron chi connectivity index (χ2n) is 9.25. The van der Waals surface area contributed by atoms with Crippen LogP contribution in [0, 0.1) is 0 Å². The third kappa shape index (κ3) is 5.95. The Morgan fingerprint density at radius 1 is 0.975 bits per heavy atom. The lowest BCUT2D eigenvalue weighted by Crippen LogP contribution is -2.74. The fraction of sp³-hybridized carbons (Fsp3) is 0.167. The molecule has 204 valence electrons. The average Bonchev–Trinajstić information content (AvgIpc) is 2.95. The minimum atomic E-state index is -1.65. The number of hydrogen-bond donors (Lipinski definition) is 1. The summed E-state index contributed by atoms with van der Waals surface area (Å²) >= 11 is 10.2. The molecule has 2 aliphatic rings. The van der Waals surface area contributed by atoms with Gasteiger partial charge < -0.3 is 14.6 Å². The van der Waals surface area contributed by atoms with Crippen LogP contribution < -0.4 is 5.32 Å². The summed E-state index contributed by atoms with van der Waals surface area (Å²) < 4.78 is 19.1. The van der Waals surface area contributed by atoms with Gasteiger partial charge in [0, 0.05) is 5.57 Å². The molecule has 0 saturated carbocycles. The van der Waals surface area contributed by atoms with Crippen LogP contribution in [0.15, 0.2) is 113 Å². The highest BCUT2D eigenvalue weighted by molar-refractivity contribution is 7.92. The first-order valence-electron chi connectivity index (χ1n) is 12.4. The summed E-state index contributed by atoms with van der Waals surface area (Å²) in [6.07, 6.45) is 0.575. The second-order valence-corrected chi connectivity index (χ2v) is 11.8. The number of hydrogen-bond acceptors (Lipinski definition) is 5. The number of benzene rings is 3. The number of nitrogens with zero attached hydrogens (tertiary/aromatic N) is 1. The van der Waals surface area contributed by atoms with E-state index in [1.54, 1.807) is 12.1 Å². The number of rotatable bonds is 8. The van der Waals surface area contributed by atoms with Crippen molar-refractivity contribution in [3.05, 3.63) is 130 Å². The Bertz CT molecular complexity index is 1420. The highest BCUT2D eigenvalue weighted by Gasteiger charge is 2.61. The molecular formula is C30H24Cl2N2O5S. The minimum Gasteiger partial charge on any atom is -0.614 e. The van der Waals surface area contributed by atoms with Crippen LogP contribution in [-0.2, 0) is 36.7 Å². The molecule has 0 aromatic heterocycles. The molecule has 3 atom stereocenters. The molecule has 2 amide bonds. The van der Waals surface area contributed by atoms with E-state index in [2.05, 4.69) is 5.32 Å². The number of halogens is 2. The van der Waals surface area contributed by atoms with Gasteiger partial charge in [0.1, 0.15) is 15.9 Å². The van der Waals surface area contributed by atoms with Crippen LogP contribution in [-0.4, -0.2) is 44.4 Å². The third-order valence-electron chi connectivity index (χ3n) is 6.59. The normalized spacial score (nSPS) is 19.9. The van der Waals surface area contributed by atoms with E-state index in [9.17, 15) is 18.9 Å². The van der Waals surface area contributed by atoms with Gasteiger partial charge in [-0.25, -0.2) is 4.79 Å². The monoisotopic (exact) mass is 594 g/mol. The maximum absolute atomic E-state index is 13.8. The number of amides is 2. The van der Waals surface area contributed by atoms with Crippen LogP contribution in [0.25, 0.3) is 0 Å². The molecular weight excluding hydrogens is 571 g/mol. The highest BCUT2D eigenvalue weighted by atomic mass is 35.5. The van der Waals surface area contributed by atoms with Gasteiger partial charge in [-0.2, -0.15) is 0 Å². The summed E-state index contributed by atoms with van der Waals surface area (Å²) in [5, 5.41) is 1.75. The van der Waals surface area contributed by atoms with E-state index in [1.807, 2.05) is 78.9 Å². The minimum absolute atomic E-state index is 0.0559. The number of nitrogens with one attached hydrogen (secondary N) is 1. The molecule has 0 bridgehead atoms. The molecule has 2 aliphatic heterocycles. The SMILES string of the molecule is O=C(Cc1ccccc1)NC1C(=O)N2C(C(=O)OC(c3ccccc3)c3ccccc3)=C(C=C(Cl)Cl)C[S+]([O-])[C@@H]12. The number of fused-ring (bicyclic) bond motifs is 1. The van der Waals surface area contributed by atoms with E-state index >= 15 is 0 Å². The lowest BCUT2D eigenvalue weighted by atomic mass is 10.0. The predicted octanol–water partition coefficient (Wildman–Crippen LogP) is 4.55. The lowest BCUT2D eigenvalue weighted by Gasteiger charge is -2.49. The summed E-state index contributed by atoms with van der Waals surface area (Å²) in [4.78, 5) is 41.0. The molecule has 3 aromatic carbocycles. The zero-order valence-electron chi connectivity index (χ0n) is 21.0. The second kappa shape index (κ2) is 12.3. The van der Waals surface area contributed by atoms with Crippen molar-refractivity contribution in [3.8, 4) is 0 Å². The molecule has 10 heteroatoms. The van der Waals surface area contributed by atoms with Crippen molar-refractivity contribution in [2.24, 2.45) is 0 Å². The standard InChI is InChI=1S/C30H24Cl2N2O5S/c31-23(32)17-22-18-40(38)29-25(33-24(35)16-19-10-4-1-5-11-19)28(36)34(29)26(22)30(37)39-27(20-12-6-2-7-13-20)21-14-8-3-9-15-21/h1-15,17,25,27,29H,16,18H2,(H,33,35)/t25?,29-,40?/m0/s1. The van der Waals surface area contributed by atoms with Gasteiger partial charge in [-0.3, -0.25) is 14.5 Å². The van der Waals surface area contributed by atoms with E-state index in [-0.39, 0.29) is 27.9 Å². The fourth-order valence-corrected chi connectivity index (χ4v) is 6.68. The molecule has 2 heterocycles. The Morgan fingerprint density at radius 3 is 2.08 bits per heavy atom. The number of ether oxygens (including phenoxy) is 1. The Labute approximate surface area is 244 Å². The van der Waals surface area contributed by atoms with Crippen LogP contribution in [0.1, 0.15) is 22.8 Å². The molecule has 3 aromatic rings. The summed E-state index contributed by atoms with van der Waals surface area (Å²) in [6, 6.07) is 26.4. The van der Waals surface area contributed by atoms with Gasteiger partial charge in [0.25, 0.3) is 5.91 Å². The lowest BCUT2D eigenvalue weighted by molar-refractivity contribution is -0.155. The van der Waals surface area contributed by atoms with Gasteiger partial charge in [0.15, 0.2) is 12.1 Å². The van der Waals surface area contributed by atoms with E-state index in [4.69, 9.17) is 27.9 Å². The molecule has 0 aliphatic carbocycles. The number of carbonyl (C=O) groups is 3. The smallest absolute Gasteiger partial charge is 0.356 e. The van der Waals surface area contributed by atoms with E-state index in [1.165, 1.54) is 6.08 Å². The predicted molar refractivity (Wildman–Crippen MR) is 153 cm³/mol. The topological polar surface area (TPSA) is 98.8 Å². The quantitative estimate of drug-likeness (QED) is 0.234. The van der Waals surface area contributed by atoms with Crippen molar-refractivity contribution in [2.45, 2.75) is 23.9 Å². The molecule has 0 spiro atoms. The fourth-order valence-electron chi connectivity index (χ4n) is 4.79. The Hall–Kier alpha value is -3.56. The van der Waals surface area contributed by atoms with Gasteiger partial charge in [0.05, 0.1) is 6.42 Å². The van der Waals surface area contributed by atoms with Crippen LogP contribution >= 0.6 is 23.2 Å². The van der Waals surface area contributed by atoms with Crippen molar-refractivity contribution in [3.63, 3.8) is 0 Å². The summed E-state index contributed by atoms with van der Waals surface area (Å²) in [5.41, 5.74) is 2.34. The van der Waals surface area contributed by atoms with Crippen molar-refractivity contribution in [2.75, 3.05) is 5.75 Å². The zero-order chi connectivity index (χ0) is 28.2. The largest absolute Gasteiger partial charge is 0.614 e. The number of esters is 1. The molecule has 40 heavy (non-hydrogen) atoms. The Kier molecular flexibility index (Phi) is 8.61. The maximum Gasteiger partial charge on any atom is 0.356 e. The molecule has 5 rings (SSSR count). The number of carbonyl (C=O) groups excluding carboxylic acids is 3. The molecule has 7 nitrogen and oxygen atoms in total. The van der Waals surface area contributed by atoms with Crippen molar-refractivity contribution < 1.29 is 23.7 Å². The molecule has 2 unspecified atom stereocenters. The summed E-state index contributed by atoms with van der Waals surface area (Å²) in [5.74, 6) is -1.87. The number of allylic oxidation sites excluding steroid dienone is 1. The van der Waals surface area contributed by atoms with Gasteiger partial charge in [0.2, 0.25) is 11.3 Å². The maximum atomic E-state index is 13.8. The van der Waals surface area contributed by atoms with Gasteiger partial charge in [-0.05, 0) is 33.9 Å². The molecule has 0 radical (unpaired) electrons. The summed E-state index contributed by atoms with van der Waals surface area (Å²) in [7, 11) is 0. The van der Waals surface area contributed by atoms with Gasteiger partial charge in [-0.15, -0.1) is 0 Å². The Balaban J connectivity index is 1.43. The highest BCUT2D eigenvalue weighted by Crippen LogP contribution is 2.39.